The van der Waals surface area contributed by atoms with Crippen LogP contribution in [0.15, 0.2) is 54.6 Å². The Labute approximate surface area is 149 Å². The van der Waals surface area contributed by atoms with Gasteiger partial charge in [-0.05, 0) is 36.5 Å². The minimum absolute atomic E-state index is 0.318. The molecule has 2 amide bonds. The molecule has 0 aliphatic carbocycles. The van der Waals surface area contributed by atoms with Gasteiger partial charge < -0.3 is 10.2 Å². The number of carbonyl (C=O) groups is 2. The molecule has 0 aromatic heterocycles. The molecule has 2 aromatic rings. The van der Waals surface area contributed by atoms with Crippen LogP contribution >= 0.6 is 0 Å². The molecule has 1 unspecified atom stereocenters. The van der Waals surface area contributed by atoms with E-state index in [9.17, 15) is 9.59 Å². The Hall–Kier alpha value is -2.62. The van der Waals surface area contributed by atoms with Crippen LogP contribution in [0.1, 0.15) is 44.2 Å². The van der Waals surface area contributed by atoms with Gasteiger partial charge in [0.05, 0.1) is 0 Å². The molecule has 4 nitrogen and oxygen atoms in total. The normalized spacial score (nSPS) is 11.6. The zero-order chi connectivity index (χ0) is 18.2. The van der Waals surface area contributed by atoms with Gasteiger partial charge in [-0.2, -0.15) is 0 Å². The SMILES string of the molecule is CCC(C)c1ccccc1NC(=O)C(=O)N(CC)Cc1ccccc1. The van der Waals surface area contributed by atoms with Crippen molar-refractivity contribution in [2.24, 2.45) is 0 Å². The third-order valence-electron chi connectivity index (χ3n) is 4.43. The predicted molar refractivity (Wildman–Crippen MR) is 101 cm³/mol. The van der Waals surface area contributed by atoms with Crippen LogP contribution in [0.3, 0.4) is 0 Å². The second-order valence-corrected chi connectivity index (χ2v) is 6.16. The lowest BCUT2D eigenvalue weighted by Gasteiger charge is -2.21. The number of nitrogens with one attached hydrogen (secondary N) is 1. The van der Waals surface area contributed by atoms with E-state index in [1.165, 1.54) is 0 Å². The van der Waals surface area contributed by atoms with Crippen molar-refractivity contribution < 1.29 is 9.59 Å². The summed E-state index contributed by atoms with van der Waals surface area (Å²) in [5, 5.41) is 2.80. The lowest BCUT2D eigenvalue weighted by Crippen LogP contribution is -2.39. The Bertz CT molecular complexity index is 713. The van der Waals surface area contributed by atoms with Gasteiger partial charge >= 0.3 is 11.8 Å². The van der Waals surface area contributed by atoms with Crippen LogP contribution in [0, 0.1) is 0 Å². The predicted octanol–water partition coefficient (Wildman–Crippen LogP) is 4.19. The summed E-state index contributed by atoms with van der Waals surface area (Å²) in [6.07, 6.45) is 0.968. The third kappa shape index (κ3) is 4.92. The minimum atomic E-state index is -0.589. The van der Waals surface area contributed by atoms with Gasteiger partial charge in [0, 0.05) is 18.8 Å². The van der Waals surface area contributed by atoms with Crippen molar-refractivity contribution in [3.05, 3.63) is 65.7 Å². The molecule has 2 aromatic carbocycles. The van der Waals surface area contributed by atoms with Gasteiger partial charge in [-0.1, -0.05) is 62.4 Å². The monoisotopic (exact) mass is 338 g/mol. The molecule has 0 radical (unpaired) electrons. The fraction of sp³-hybridized carbons (Fsp3) is 0.333. The maximum Gasteiger partial charge on any atom is 0.313 e. The summed E-state index contributed by atoms with van der Waals surface area (Å²) in [5.41, 5.74) is 2.77. The first-order chi connectivity index (χ1) is 12.1. The molecule has 2 rings (SSSR count). The summed E-state index contributed by atoms with van der Waals surface area (Å²) in [6, 6.07) is 17.3. The first-order valence-corrected chi connectivity index (χ1v) is 8.79. The Balaban J connectivity index is 2.10. The summed E-state index contributed by atoms with van der Waals surface area (Å²) in [7, 11) is 0. The summed E-state index contributed by atoms with van der Waals surface area (Å²) in [6.45, 7) is 7.00. The molecule has 0 saturated heterocycles. The molecule has 0 aliphatic rings. The van der Waals surface area contributed by atoms with E-state index < -0.39 is 11.8 Å². The molecule has 0 heterocycles. The molecule has 0 bridgehead atoms. The van der Waals surface area contributed by atoms with Crippen molar-refractivity contribution in [1.82, 2.24) is 4.90 Å². The minimum Gasteiger partial charge on any atom is -0.330 e. The Morgan fingerprint density at radius 3 is 2.28 bits per heavy atom. The third-order valence-corrected chi connectivity index (χ3v) is 4.43. The highest BCUT2D eigenvalue weighted by atomic mass is 16.2. The molecule has 4 heteroatoms. The number of benzene rings is 2. The van der Waals surface area contributed by atoms with Gasteiger partial charge in [0.1, 0.15) is 0 Å². The maximum atomic E-state index is 12.5. The van der Waals surface area contributed by atoms with Crippen LogP contribution in [0.25, 0.3) is 0 Å². The van der Waals surface area contributed by atoms with Crippen molar-refractivity contribution >= 4 is 17.5 Å². The van der Waals surface area contributed by atoms with Crippen molar-refractivity contribution in [2.45, 2.75) is 39.7 Å². The van der Waals surface area contributed by atoms with E-state index in [0.29, 0.717) is 24.7 Å². The summed E-state index contributed by atoms with van der Waals surface area (Å²) >= 11 is 0. The van der Waals surface area contributed by atoms with Gasteiger partial charge in [-0.3, -0.25) is 9.59 Å². The van der Waals surface area contributed by atoms with E-state index in [0.717, 1.165) is 17.5 Å². The Morgan fingerprint density at radius 1 is 1.00 bits per heavy atom. The molecule has 0 spiro atoms. The van der Waals surface area contributed by atoms with Gasteiger partial charge in [-0.25, -0.2) is 0 Å². The van der Waals surface area contributed by atoms with E-state index in [2.05, 4.69) is 19.2 Å². The Kier molecular flexibility index (Phi) is 6.75. The number of amides is 2. The number of para-hydroxylation sites is 1. The lowest BCUT2D eigenvalue weighted by atomic mass is 9.97. The maximum absolute atomic E-state index is 12.5. The molecular weight excluding hydrogens is 312 g/mol. The van der Waals surface area contributed by atoms with Gasteiger partial charge in [0.25, 0.3) is 0 Å². The number of rotatable bonds is 6. The number of carbonyl (C=O) groups excluding carboxylic acids is 2. The molecule has 25 heavy (non-hydrogen) atoms. The van der Waals surface area contributed by atoms with Crippen LogP contribution in [-0.2, 0) is 16.1 Å². The lowest BCUT2D eigenvalue weighted by molar-refractivity contribution is -0.143. The molecule has 1 N–H and O–H groups in total. The van der Waals surface area contributed by atoms with Crippen LogP contribution in [-0.4, -0.2) is 23.3 Å². The molecule has 132 valence electrons. The largest absolute Gasteiger partial charge is 0.330 e. The fourth-order valence-electron chi connectivity index (χ4n) is 2.71. The number of nitrogens with zero attached hydrogens (tertiary/aromatic N) is 1. The average molecular weight is 338 g/mol. The highest BCUT2D eigenvalue weighted by Crippen LogP contribution is 2.26. The summed E-state index contributed by atoms with van der Waals surface area (Å²) < 4.78 is 0. The van der Waals surface area contributed by atoms with Crippen molar-refractivity contribution in [3.8, 4) is 0 Å². The highest BCUT2D eigenvalue weighted by Gasteiger charge is 2.22. The molecule has 1 atom stereocenters. The fourth-order valence-corrected chi connectivity index (χ4v) is 2.71. The van der Waals surface area contributed by atoms with E-state index in [1.54, 1.807) is 4.90 Å². The zero-order valence-electron chi connectivity index (χ0n) is 15.2. The first-order valence-electron chi connectivity index (χ1n) is 8.79. The number of anilines is 1. The zero-order valence-corrected chi connectivity index (χ0v) is 15.2. The van der Waals surface area contributed by atoms with E-state index >= 15 is 0 Å². The second kappa shape index (κ2) is 9.02. The van der Waals surface area contributed by atoms with E-state index in [1.807, 2.05) is 61.5 Å². The summed E-state index contributed by atoms with van der Waals surface area (Å²) in [4.78, 5) is 26.6. The molecule has 0 aliphatic heterocycles. The second-order valence-electron chi connectivity index (χ2n) is 6.16. The standard InChI is InChI=1S/C21H26N2O2/c1-4-16(3)18-13-9-10-14-19(18)22-20(24)21(25)23(5-2)15-17-11-7-6-8-12-17/h6-14,16H,4-5,15H2,1-3H3,(H,22,24). The highest BCUT2D eigenvalue weighted by molar-refractivity contribution is 6.39. The van der Waals surface area contributed by atoms with Gasteiger partial charge in [0.15, 0.2) is 0 Å². The first kappa shape index (κ1) is 18.7. The molecule has 0 fully saturated rings. The molecular formula is C21H26N2O2. The summed E-state index contributed by atoms with van der Waals surface area (Å²) in [5.74, 6) is -0.781. The van der Waals surface area contributed by atoms with E-state index in [4.69, 9.17) is 0 Å². The van der Waals surface area contributed by atoms with Gasteiger partial charge in [0.2, 0.25) is 0 Å². The smallest absolute Gasteiger partial charge is 0.313 e. The quantitative estimate of drug-likeness (QED) is 0.803. The number of hydrogen-bond acceptors (Lipinski definition) is 2. The topological polar surface area (TPSA) is 49.4 Å². The Morgan fingerprint density at radius 2 is 1.64 bits per heavy atom. The average Bonchev–Trinajstić information content (AvgIpc) is 2.66. The van der Waals surface area contributed by atoms with Crippen molar-refractivity contribution in [3.63, 3.8) is 0 Å². The number of likely N-dealkylation sites (N-methyl/N-ethyl adjacent to an activating group) is 1. The van der Waals surface area contributed by atoms with Gasteiger partial charge in [-0.15, -0.1) is 0 Å². The molecule has 0 saturated carbocycles. The van der Waals surface area contributed by atoms with Crippen molar-refractivity contribution in [2.75, 3.05) is 11.9 Å². The van der Waals surface area contributed by atoms with Crippen LogP contribution < -0.4 is 5.32 Å². The van der Waals surface area contributed by atoms with E-state index in [-0.39, 0.29) is 0 Å². The van der Waals surface area contributed by atoms with Crippen LogP contribution in [0.4, 0.5) is 5.69 Å². The van der Waals surface area contributed by atoms with Crippen molar-refractivity contribution in [1.29, 1.82) is 0 Å². The van der Waals surface area contributed by atoms with Crippen LogP contribution in [0.2, 0.25) is 0 Å². The number of hydrogen-bond donors (Lipinski definition) is 1. The van der Waals surface area contributed by atoms with Crippen LogP contribution in [0.5, 0.6) is 0 Å².